The van der Waals surface area contributed by atoms with Crippen molar-refractivity contribution in [3.8, 4) is 0 Å². The van der Waals surface area contributed by atoms with Crippen molar-refractivity contribution in [2.75, 3.05) is 31.2 Å². The molecule has 0 aliphatic carbocycles. The maximum absolute atomic E-state index is 9.18. The lowest BCUT2D eigenvalue weighted by atomic mass is 9.80. The zero-order valence-corrected chi connectivity index (χ0v) is 15.8. The normalized spacial score (nSPS) is 12.5. The molecule has 0 aliphatic rings. The first-order valence-electron chi connectivity index (χ1n) is 8.72. The van der Waals surface area contributed by atoms with Crippen LogP contribution in [-0.2, 0) is 10.8 Å². The zero-order chi connectivity index (χ0) is 17.7. The number of nitrogens with zero attached hydrogens (tertiary/aromatic N) is 1. The number of benzene rings is 1. The van der Waals surface area contributed by atoms with Gasteiger partial charge < -0.3 is 15.1 Å². The third kappa shape index (κ3) is 6.15. The van der Waals surface area contributed by atoms with E-state index in [0.717, 1.165) is 25.9 Å². The summed E-state index contributed by atoms with van der Waals surface area (Å²) in [5.74, 6) is 0. The highest BCUT2D eigenvalue weighted by molar-refractivity contribution is 5.54. The number of aliphatic hydroxyl groups excluding tert-OH is 2. The van der Waals surface area contributed by atoms with Crippen LogP contribution in [0.1, 0.15) is 65.5 Å². The fourth-order valence-electron chi connectivity index (χ4n) is 2.55. The zero-order valence-electron chi connectivity index (χ0n) is 15.8. The van der Waals surface area contributed by atoms with Crippen molar-refractivity contribution >= 4 is 5.69 Å². The van der Waals surface area contributed by atoms with Crippen LogP contribution in [0.4, 0.5) is 5.69 Å². The van der Waals surface area contributed by atoms with E-state index in [1.165, 1.54) is 16.8 Å². The molecule has 0 unspecified atom stereocenters. The summed E-state index contributed by atoms with van der Waals surface area (Å²) in [7, 11) is 0. The van der Waals surface area contributed by atoms with E-state index in [2.05, 4.69) is 64.6 Å². The summed E-state index contributed by atoms with van der Waals surface area (Å²) in [4.78, 5) is 2.29. The lowest BCUT2D eigenvalue weighted by Gasteiger charge is -2.31. The molecule has 1 aromatic rings. The van der Waals surface area contributed by atoms with Crippen molar-refractivity contribution in [1.29, 1.82) is 0 Å². The SMILES string of the molecule is CC(C)(C)c1cc(N(CCCO)CCCO)cc(C(C)(C)C)c1. The van der Waals surface area contributed by atoms with E-state index in [1.807, 2.05) is 0 Å². The minimum Gasteiger partial charge on any atom is -0.396 e. The standard InChI is InChI=1S/C20H35NO2/c1-19(2,3)16-13-17(20(4,5)6)15-18(14-16)21(9-7-11-22)10-8-12-23/h13-15,22-23H,7-12H2,1-6H3. The molecule has 2 N–H and O–H groups in total. The Labute approximate surface area is 142 Å². The Balaban J connectivity index is 3.29. The molecule has 0 fully saturated rings. The van der Waals surface area contributed by atoms with Gasteiger partial charge in [0.25, 0.3) is 0 Å². The first-order valence-corrected chi connectivity index (χ1v) is 8.72. The number of rotatable bonds is 7. The van der Waals surface area contributed by atoms with Gasteiger partial charge in [-0.25, -0.2) is 0 Å². The first-order chi connectivity index (χ1) is 10.6. The number of hydrogen-bond acceptors (Lipinski definition) is 3. The molecule has 1 rings (SSSR count). The van der Waals surface area contributed by atoms with E-state index in [4.69, 9.17) is 0 Å². The topological polar surface area (TPSA) is 43.7 Å². The Morgan fingerprint density at radius 1 is 0.739 bits per heavy atom. The number of aliphatic hydroxyl groups is 2. The molecule has 0 aliphatic heterocycles. The van der Waals surface area contributed by atoms with Crippen LogP contribution in [0.3, 0.4) is 0 Å². The van der Waals surface area contributed by atoms with Crippen LogP contribution in [-0.4, -0.2) is 36.5 Å². The summed E-state index contributed by atoms with van der Waals surface area (Å²) in [6, 6.07) is 6.85. The molecule has 0 atom stereocenters. The molecule has 23 heavy (non-hydrogen) atoms. The number of hydrogen-bond donors (Lipinski definition) is 2. The van der Waals surface area contributed by atoms with Crippen molar-refractivity contribution < 1.29 is 10.2 Å². The van der Waals surface area contributed by atoms with Gasteiger partial charge in [0.2, 0.25) is 0 Å². The average molecular weight is 322 g/mol. The van der Waals surface area contributed by atoms with E-state index in [9.17, 15) is 10.2 Å². The van der Waals surface area contributed by atoms with Gasteiger partial charge in [-0.05, 0) is 46.9 Å². The molecule has 0 aromatic heterocycles. The first kappa shape index (κ1) is 20.0. The molecule has 0 amide bonds. The molecule has 0 heterocycles. The molecule has 3 nitrogen and oxygen atoms in total. The fourth-order valence-corrected chi connectivity index (χ4v) is 2.55. The maximum atomic E-state index is 9.18. The highest BCUT2D eigenvalue weighted by Gasteiger charge is 2.21. The summed E-state index contributed by atoms with van der Waals surface area (Å²) in [6.45, 7) is 15.5. The third-order valence-electron chi connectivity index (χ3n) is 4.19. The van der Waals surface area contributed by atoms with E-state index in [-0.39, 0.29) is 24.0 Å². The van der Waals surface area contributed by atoms with Crippen molar-refractivity contribution in [2.45, 2.75) is 65.2 Å². The van der Waals surface area contributed by atoms with Gasteiger partial charge in [0, 0.05) is 32.0 Å². The molecular formula is C20H35NO2. The predicted molar refractivity (Wildman–Crippen MR) is 99.5 cm³/mol. The molecule has 0 bridgehead atoms. The molecule has 132 valence electrons. The monoisotopic (exact) mass is 321 g/mol. The molecule has 0 spiro atoms. The van der Waals surface area contributed by atoms with Crippen molar-refractivity contribution in [3.05, 3.63) is 29.3 Å². The van der Waals surface area contributed by atoms with Gasteiger partial charge in [0.05, 0.1) is 0 Å². The minimum atomic E-state index is 0.0929. The molecular weight excluding hydrogens is 286 g/mol. The maximum Gasteiger partial charge on any atom is 0.0447 e. The Morgan fingerprint density at radius 2 is 1.13 bits per heavy atom. The molecule has 0 saturated carbocycles. The second-order valence-corrected chi connectivity index (χ2v) is 8.41. The minimum absolute atomic E-state index is 0.0929. The second kappa shape index (κ2) is 8.16. The third-order valence-corrected chi connectivity index (χ3v) is 4.19. The van der Waals surface area contributed by atoms with E-state index >= 15 is 0 Å². The van der Waals surface area contributed by atoms with Crippen LogP contribution in [0.15, 0.2) is 18.2 Å². The summed E-state index contributed by atoms with van der Waals surface area (Å²) in [5.41, 5.74) is 4.05. The highest BCUT2D eigenvalue weighted by Crippen LogP contribution is 2.33. The van der Waals surface area contributed by atoms with Gasteiger partial charge in [0.15, 0.2) is 0 Å². The average Bonchev–Trinajstić information content (AvgIpc) is 2.45. The molecule has 1 aromatic carbocycles. The second-order valence-electron chi connectivity index (χ2n) is 8.41. The van der Waals surface area contributed by atoms with Crippen LogP contribution in [0.2, 0.25) is 0 Å². The molecule has 0 radical (unpaired) electrons. The van der Waals surface area contributed by atoms with Crippen LogP contribution < -0.4 is 4.90 Å². The lowest BCUT2D eigenvalue weighted by molar-refractivity contribution is 0.282. The van der Waals surface area contributed by atoms with Gasteiger partial charge in [-0.2, -0.15) is 0 Å². The van der Waals surface area contributed by atoms with Crippen molar-refractivity contribution in [2.24, 2.45) is 0 Å². The molecule has 0 saturated heterocycles. The summed E-state index contributed by atoms with van der Waals surface area (Å²) >= 11 is 0. The van der Waals surface area contributed by atoms with Crippen molar-refractivity contribution in [3.63, 3.8) is 0 Å². The summed E-state index contributed by atoms with van der Waals surface area (Å²) < 4.78 is 0. The van der Waals surface area contributed by atoms with Crippen molar-refractivity contribution in [1.82, 2.24) is 0 Å². The Bertz CT molecular complexity index is 443. The largest absolute Gasteiger partial charge is 0.396 e. The Hall–Kier alpha value is -1.06. The lowest BCUT2D eigenvalue weighted by Crippen LogP contribution is -2.28. The smallest absolute Gasteiger partial charge is 0.0447 e. The van der Waals surface area contributed by atoms with E-state index < -0.39 is 0 Å². The van der Waals surface area contributed by atoms with Crippen LogP contribution in [0.25, 0.3) is 0 Å². The van der Waals surface area contributed by atoms with Gasteiger partial charge in [0.1, 0.15) is 0 Å². The van der Waals surface area contributed by atoms with Gasteiger partial charge in [-0.1, -0.05) is 47.6 Å². The molecule has 3 heteroatoms. The van der Waals surface area contributed by atoms with Gasteiger partial charge >= 0.3 is 0 Å². The van der Waals surface area contributed by atoms with Gasteiger partial charge in [-0.3, -0.25) is 0 Å². The Kier molecular flexibility index (Phi) is 7.09. The highest BCUT2D eigenvalue weighted by atomic mass is 16.3. The summed E-state index contributed by atoms with van der Waals surface area (Å²) in [6.07, 6.45) is 1.49. The number of anilines is 1. The predicted octanol–water partition coefficient (Wildman–Crippen LogP) is 3.85. The van der Waals surface area contributed by atoms with Gasteiger partial charge in [-0.15, -0.1) is 0 Å². The fraction of sp³-hybridized carbons (Fsp3) is 0.700. The van der Waals surface area contributed by atoms with E-state index in [1.54, 1.807) is 0 Å². The summed E-state index contributed by atoms with van der Waals surface area (Å²) in [5, 5.41) is 18.4. The Morgan fingerprint density at radius 3 is 1.43 bits per heavy atom. The van der Waals surface area contributed by atoms with Crippen LogP contribution >= 0.6 is 0 Å². The van der Waals surface area contributed by atoms with Crippen LogP contribution in [0.5, 0.6) is 0 Å². The van der Waals surface area contributed by atoms with E-state index in [0.29, 0.717) is 0 Å². The van der Waals surface area contributed by atoms with Crippen LogP contribution in [0, 0.1) is 0 Å². The quantitative estimate of drug-likeness (QED) is 0.801.